The molecule has 3 aromatic rings. The van der Waals surface area contributed by atoms with Gasteiger partial charge in [0.1, 0.15) is 62.7 Å². The van der Waals surface area contributed by atoms with Crippen LogP contribution in [0.2, 0.25) is 0 Å². The fourth-order valence-electron chi connectivity index (χ4n) is 6.20. The molecule has 2 aliphatic rings. The van der Waals surface area contributed by atoms with Crippen LogP contribution in [0.4, 0.5) is 17.1 Å². The summed E-state index contributed by atoms with van der Waals surface area (Å²) in [6.45, 7) is -2.58. The largest absolute Gasteiger partial charge is 0.488 e. The molecule has 292 valence electrons. The number of benzene rings is 3. The Bertz CT molecular complexity index is 1990. The van der Waals surface area contributed by atoms with Crippen LogP contribution in [0.15, 0.2) is 90.2 Å². The zero-order valence-corrected chi connectivity index (χ0v) is 31.0. The van der Waals surface area contributed by atoms with E-state index in [0.717, 1.165) is 33.0 Å². The molecule has 0 saturated carbocycles. The third-order valence-corrected chi connectivity index (χ3v) is 8.57. The average Bonchev–Trinajstić information content (AvgIpc) is 3.10. The molecule has 0 aromatic heterocycles. The minimum absolute atomic E-state index is 0. The van der Waals surface area contributed by atoms with E-state index in [1.165, 1.54) is 4.90 Å². The molecule has 1 aliphatic heterocycles. The minimum atomic E-state index is -1.24. The molecule has 1 heterocycles. The Kier molecular flexibility index (Phi) is 13.4. The van der Waals surface area contributed by atoms with Crippen LogP contribution in [0.1, 0.15) is 11.1 Å². The Hall–Kier alpha value is -6.68. The van der Waals surface area contributed by atoms with Crippen LogP contribution < -0.4 is 35.1 Å². The van der Waals surface area contributed by atoms with Gasteiger partial charge < -0.3 is 60.4 Å². The number of hydrogen-bond donors (Lipinski definition) is 5. The topological polar surface area (TPSA) is 225 Å². The van der Waals surface area contributed by atoms with Crippen molar-refractivity contribution in [2.45, 2.75) is 6.10 Å². The zero-order valence-electron chi connectivity index (χ0n) is 31.0. The summed E-state index contributed by atoms with van der Waals surface area (Å²) in [5, 5.41) is 38.1. The molecule has 1 atom stereocenters. The molecule has 3 aromatic carbocycles. The van der Waals surface area contributed by atoms with E-state index >= 15 is 0 Å². The number of nitrogens with zero attached hydrogens (tertiary/aromatic N) is 4. The molecule has 0 bridgehead atoms. The Morgan fingerprint density at radius 3 is 1.80 bits per heavy atom. The van der Waals surface area contributed by atoms with Crippen molar-refractivity contribution in [2.75, 3.05) is 82.3 Å². The van der Waals surface area contributed by atoms with Crippen LogP contribution >= 0.6 is 0 Å². The van der Waals surface area contributed by atoms with Crippen LogP contribution in [0, 0.1) is 0 Å². The number of rotatable bonds is 18. The van der Waals surface area contributed by atoms with Gasteiger partial charge in [-0.1, -0.05) is 24.3 Å². The second-order valence-electron chi connectivity index (χ2n) is 12.9. The standard InChI is InChI=1S/C39H42N4O11.H3N/c1-40(2)25-10-12-27-32(18-25)54-33-19-26(41(3)4)11-13-28(33)39(27)24-9-14-30(43(22-37(48)49)23-38(50)51)34(17-24)53-16-15-52-31-8-6-5-7-29(31)42(20-35(44)45)21-36(46)47;/h5-14,17-19,32H,15-16,20-23H2,1-4H3,(H,44,45)(H,46,47)(H,48,49)(H,50,51);1H3. The van der Waals surface area contributed by atoms with Crippen LogP contribution in [0.5, 0.6) is 17.2 Å². The predicted molar refractivity (Wildman–Crippen MR) is 206 cm³/mol. The lowest BCUT2D eigenvalue weighted by atomic mass is 9.85. The number of carbonyl (C=O) groups is 4. The first-order valence-electron chi connectivity index (χ1n) is 16.9. The van der Waals surface area contributed by atoms with Gasteiger partial charge in [0.15, 0.2) is 0 Å². The molecule has 16 nitrogen and oxygen atoms in total. The molecule has 7 N–H and O–H groups in total. The lowest BCUT2D eigenvalue weighted by molar-refractivity contribution is -0.138. The van der Waals surface area contributed by atoms with Gasteiger partial charge in [0.2, 0.25) is 0 Å². The number of likely N-dealkylation sites (N-methyl/N-ethyl adjacent to an activating group) is 1. The van der Waals surface area contributed by atoms with E-state index in [-0.39, 0.29) is 42.2 Å². The van der Waals surface area contributed by atoms with Gasteiger partial charge in [-0.3, -0.25) is 19.2 Å². The molecular formula is C39H45N5O11. The molecule has 0 saturated heterocycles. The maximum absolute atomic E-state index is 11.9. The van der Waals surface area contributed by atoms with Gasteiger partial charge in [0.25, 0.3) is 0 Å². The number of fused-ring (bicyclic) bond motifs is 2. The number of para-hydroxylation sites is 2. The summed E-state index contributed by atoms with van der Waals surface area (Å²) in [5.74, 6) is -3.85. The molecule has 16 heteroatoms. The third-order valence-electron chi connectivity index (χ3n) is 8.57. The van der Waals surface area contributed by atoms with E-state index in [1.807, 2.05) is 74.4 Å². The number of hydrogen-bond acceptors (Lipinski definition) is 12. The average molecular weight is 760 g/mol. The van der Waals surface area contributed by atoms with E-state index in [1.54, 1.807) is 42.5 Å². The number of ether oxygens (including phenoxy) is 3. The number of carboxylic acids is 4. The van der Waals surface area contributed by atoms with Crippen molar-refractivity contribution < 1.29 is 53.8 Å². The minimum Gasteiger partial charge on any atom is -0.488 e. The Labute approximate surface area is 317 Å². The SMILES string of the molecule is CN(C)C1=CC2Oc3cc(N(C)C)ccc3C(c3ccc(N(CC(=O)O)CC(=O)O)c(OCCOc4ccccc4N(CC(=O)O)CC(=O)O)c3)=C2C=C1.N. The summed E-state index contributed by atoms with van der Waals surface area (Å²) in [6, 6.07) is 17.5. The molecule has 55 heavy (non-hydrogen) atoms. The first-order valence-corrected chi connectivity index (χ1v) is 16.9. The van der Waals surface area contributed by atoms with Crippen LogP contribution in [-0.2, 0) is 19.2 Å². The number of allylic oxidation sites excluding steroid dienone is 1. The van der Waals surface area contributed by atoms with Gasteiger partial charge in [0, 0.05) is 56.8 Å². The summed E-state index contributed by atoms with van der Waals surface area (Å²) >= 11 is 0. The van der Waals surface area contributed by atoms with Crippen LogP contribution in [0.25, 0.3) is 5.57 Å². The lowest BCUT2D eigenvalue weighted by Crippen LogP contribution is -2.35. The second-order valence-corrected chi connectivity index (χ2v) is 12.9. The Morgan fingerprint density at radius 1 is 0.673 bits per heavy atom. The highest BCUT2D eigenvalue weighted by atomic mass is 16.5. The first-order chi connectivity index (χ1) is 25.7. The second kappa shape index (κ2) is 17.9. The fourth-order valence-corrected chi connectivity index (χ4v) is 6.20. The van der Waals surface area contributed by atoms with E-state index < -0.39 is 56.2 Å². The Morgan fingerprint density at radius 2 is 1.24 bits per heavy atom. The number of aliphatic carboxylic acids is 4. The van der Waals surface area contributed by atoms with E-state index in [2.05, 4.69) is 0 Å². The lowest BCUT2D eigenvalue weighted by Gasteiger charge is -2.33. The van der Waals surface area contributed by atoms with Gasteiger partial charge in [-0.25, -0.2) is 0 Å². The van der Waals surface area contributed by atoms with E-state index in [4.69, 9.17) is 14.2 Å². The van der Waals surface area contributed by atoms with Gasteiger partial charge in [0.05, 0.1) is 11.4 Å². The summed E-state index contributed by atoms with van der Waals surface area (Å²) in [4.78, 5) is 53.0. The summed E-state index contributed by atoms with van der Waals surface area (Å²) < 4.78 is 18.7. The smallest absolute Gasteiger partial charge is 0.323 e. The number of anilines is 3. The van der Waals surface area contributed by atoms with Crippen molar-refractivity contribution in [1.82, 2.24) is 11.1 Å². The van der Waals surface area contributed by atoms with E-state index in [9.17, 15) is 39.6 Å². The molecule has 0 amide bonds. The highest BCUT2D eigenvalue weighted by molar-refractivity contribution is 5.91. The van der Waals surface area contributed by atoms with Crippen LogP contribution in [0.3, 0.4) is 0 Å². The van der Waals surface area contributed by atoms with Crippen LogP contribution in [-0.4, -0.2) is 123 Å². The number of carboxylic acid groups (broad SMARTS) is 4. The van der Waals surface area contributed by atoms with Crippen molar-refractivity contribution in [1.29, 1.82) is 0 Å². The van der Waals surface area contributed by atoms with Gasteiger partial charge >= 0.3 is 23.9 Å². The normalized spacial score (nSPS) is 13.9. The third kappa shape index (κ3) is 10.1. The maximum atomic E-state index is 11.9. The summed E-state index contributed by atoms with van der Waals surface area (Å²) in [7, 11) is 7.76. The van der Waals surface area contributed by atoms with Gasteiger partial charge in [-0.05, 0) is 59.7 Å². The van der Waals surface area contributed by atoms with Crippen molar-refractivity contribution in [3.05, 3.63) is 101 Å². The molecular weight excluding hydrogens is 714 g/mol. The van der Waals surface area contributed by atoms with Crippen molar-refractivity contribution >= 4 is 46.5 Å². The van der Waals surface area contributed by atoms with Gasteiger partial charge in [-0.2, -0.15) is 0 Å². The molecule has 0 radical (unpaired) electrons. The van der Waals surface area contributed by atoms with E-state index in [0.29, 0.717) is 11.3 Å². The predicted octanol–water partition coefficient (Wildman–Crippen LogP) is 3.90. The first kappa shape index (κ1) is 41.1. The monoisotopic (exact) mass is 759 g/mol. The molecule has 5 rings (SSSR count). The van der Waals surface area contributed by atoms with Gasteiger partial charge in [-0.15, -0.1) is 0 Å². The fraction of sp³-hybridized carbons (Fsp3) is 0.282. The zero-order chi connectivity index (χ0) is 39.1. The highest BCUT2D eigenvalue weighted by Crippen LogP contribution is 2.45. The van der Waals surface area contributed by atoms with Crippen molar-refractivity contribution in [3.8, 4) is 17.2 Å². The molecule has 1 aliphatic carbocycles. The quantitative estimate of drug-likeness (QED) is 0.116. The Balaban J connectivity index is 0.00000673. The van der Waals surface area contributed by atoms with Crippen molar-refractivity contribution in [3.63, 3.8) is 0 Å². The summed E-state index contributed by atoms with van der Waals surface area (Å²) in [6.07, 6.45) is 5.58. The molecule has 1 unspecified atom stereocenters. The molecule has 0 fully saturated rings. The maximum Gasteiger partial charge on any atom is 0.323 e. The molecule has 0 spiro atoms. The van der Waals surface area contributed by atoms with Crippen molar-refractivity contribution in [2.24, 2.45) is 0 Å². The highest BCUT2D eigenvalue weighted by Gasteiger charge is 2.31. The summed E-state index contributed by atoms with van der Waals surface area (Å²) in [5.41, 5.74) is 5.63.